The molecule has 2 bridgehead atoms. The van der Waals surface area contributed by atoms with Gasteiger partial charge in [-0.25, -0.2) is 0 Å². The predicted molar refractivity (Wildman–Crippen MR) is 89.7 cm³/mol. The van der Waals surface area contributed by atoms with Crippen molar-refractivity contribution in [2.24, 2.45) is 17.8 Å². The van der Waals surface area contributed by atoms with E-state index in [-0.39, 0.29) is 29.9 Å². The number of hydrazine groups is 1. The van der Waals surface area contributed by atoms with Crippen molar-refractivity contribution in [2.45, 2.75) is 51.2 Å². The summed E-state index contributed by atoms with van der Waals surface area (Å²) < 4.78 is 5.71. The molecule has 1 aromatic rings. The van der Waals surface area contributed by atoms with Gasteiger partial charge in [0.2, 0.25) is 0 Å². The van der Waals surface area contributed by atoms with E-state index in [4.69, 9.17) is 4.74 Å². The minimum Gasteiger partial charge on any atom is -0.373 e. The molecule has 0 spiro atoms. The van der Waals surface area contributed by atoms with E-state index in [0.717, 1.165) is 42.7 Å². The second-order valence-corrected chi connectivity index (χ2v) is 8.66. The van der Waals surface area contributed by atoms with Crippen molar-refractivity contribution in [2.75, 3.05) is 0 Å². The highest BCUT2D eigenvalue weighted by Gasteiger charge is 2.62. The van der Waals surface area contributed by atoms with E-state index in [9.17, 15) is 14.4 Å². The Kier molecular flexibility index (Phi) is 3.34. The van der Waals surface area contributed by atoms with Crippen LogP contribution in [-0.4, -0.2) is 34.9 Å². The second kappa shape index (κ2) is 5.38. The minimum absolute atomic E-state index is 0.163. The van der Waals surface area contributed by atoms with Gasteiger partial charge in [-0.3, -0.25) is 19.8 Å². The van der Waals surface area contributed by atoms with Crippen LogP contribution in [0.2, 0.25) is 0 Å². The SMILES string of the molecule is C[C@@H]1CCc2c(C(=O)NN3C(=O)[C@@H]4[C@H](C3=O)[C@H]3CC[C@H]4O3)csc2C1. The molecule has 3 amide bonds. The highest BCUT2D eigenvalue weighted by atomic mass is 32.1. The number of imide groups is 1. The molecule has 0 aromatic carbocycles. The van der Waals surface area contributed by atoms with Crippen molar-refractivity contribution >= 4 is 29.1 Å². The molecule has 1 aliphatic carbocycles. The van der Waals surface area contributed by atoms with Gasteiger partial charge in [-0.05, 0) is 43.6 Å². The van der Waals surface area contributed by atoms with Gasteiger partial charge in [0.1, 0.15) is 0 Å². The Labute approximate surface area is 149 Å². The van der Waals surface area contributed by atoms with E-state index in [1.807, 2.05) is 5.38 Å². The molecule has 5 rings (SSSR count). The number of ether oxygens (including phenoxy) is 1. The molecule has 132 valence electrons. The smallest absolute Gasteiger partial charge is 0.271 e. The lowest BCUT2D eigenvalue weighted by Crippen LogP contribution is -2.48. The van der Waals surface area contributed by atoms with Crippen molar-refractivity contribution in [3.05, 3.63) is 21.4 Å². The van der Waals surface area contributed by atoms with E-state index in [2.05, 4.69) is 12.3 Å². The third kappa shape index (κ3) is 2.15. The van der Waals surface area contributed by atoms with Crippen LogP contribution >= 0.6 is 11.3 Å². The first-order valence-electron chi connectivity index (χ1n) is 8.98. The number of fused-ring (bicyclic) bond motifs is 6. The zero-order valence-corrected chi connectivity index (χ0v) is 14.8. The zero-order chi connectivity index (χ0) is 17.3. The van der Waals surface area contributed by atoms with E-state index in [0.29, 0.717) is 11.5 Å². The van der Waals surface area contributed by atoms with Gasteiger partial charge in [-0.2, -0.15) is 5.01 Å². The number of hydrogen-bond acceptors (Lipinski definition) is 5. The van der Waals surface area contributed by atoms with Crippen LogP contribution < -0.4 is 5.43 Å². The van der Waals surface area contributed by atoms with Gasteiger partial charge in [-0.15, -0.1) is 11.3 Å². The van der Waals surface area contributed by atoms with Crippen LogP contribution in [0.15, 0.2) is 5.38 Å². The number of carbonyl (C=O) groups excluding carboxylic acids is 3. The molecule has 4 aliphatic rings. The number of nitrogens with zero attached hydrogens (tertiary/aromatic N) is 1. The Balaban J connectivity index is 1.37. The molecule has 1 N–H and O–H groups in total. The van der Waals surface area contributed by atoms with Gasteiger partial charge in [-0.1, -0.05) is 6.92 Å². The van der Waals surface area contributed by atoms with Gasteiger partial charge in [0.15, 0.2) is 0 Å². The number of thiophene rings is 1. The van der Waals surface area contributed by atoms with E-state index in [1.54, 1.807) is 11.3 Å². The van der Waals surface area contributed by atoms with Crippen molar-refractivity contribution in [1.29, 1.82) is 0 Å². The maximum Gasteiger partial charge on any atom is 0.271 e. The summed E-state index contributed by atoms with van der Waals surface area (Å²) in [4.78, 5) is 39.3. The quantitative estimate of drug-likeness (QED) is 0.814. The number of hydrogen-bond donors (Lipinski definition) is 1. The Morgan fingerprint density at radius 3 is 2.56 bits per heavy atom. The molecule has 0 radical (unpaired) electrons. The third-order valence-electron chi connectivity index (χ3n) is 6.14. The highest BCUT2D eigenvalue weighted by Crippen LogP contribution is 2.48. The van der Waals surface area contributed by atoms with Gasteiger partial charge in [0, 0.05) is 10.3 Å². The summed E-state index contributed by atoms with van der Waals surface area (Å²) in [7, 11) is 0. The molecule has 7 heteroatoms. The van der Waals surface area contributed by atoms with Crippen molar-refractivity contribution < 1.29 is 19.1 Å². The average Bonchev–Trinajstić information content (AvgIpc) is 3.34. The van der Waals surface area contributed by atoms with Crippen LogP contribution in [0, 0.1) is 17.8 Å². The van der Waals surface area contributed by atoms with Gasteiger partial charge < -0.3 is 4.74 Å². The summed E-state index contributed by atoms with van der Waals surface area (Å²) in [5, 5.41) is 2.82. The molecule has 3 saturated heterocycles. The Morgan fingerprint density at radius 2 is 1.88 bits per heavy atom. The van der Waals surface area contributed by atoms with E-state index >= 15 is 0 Å². The first-order valence-corrected chi connectivity index (χ1v) is 9.86. The summed E-state index contributed by atoms with van der Waals surface area (Å²) in [6.07, 6.45) is 4.27. The standard InChI is InChI=1S/C18H20N2O4S/c1-8-2-3-9-10(7-25-13(9)6-8)16(21)19-20-17(22)14-11-4-5-12(24-11)15(14)18(20)23/h7-8,11-12,14-15H,2-6H2,1H3,(H,19,21)/t8-,11-,12-,14-,15+/m1/s1. The predicted octanol–water partition coefficient (Wildman–Crippen LogP) is 1.68. The van der Waals surface area contributed by atoms with Crippen molar-refractivity contribution in [3.8, 4) is 0 Å². The second-order valence-electron chi connectivity index (χ2n) is 7.69. The molecular formula is C18H20N2O4S. The number of nitrogens with one attached hydrogen (secondary N) is 1. The summed E-state index contributed by atoms with van der Waals surface area (Å²) >= 11 is 1.60. The summed E-state index contributed by atoms with van der Waals surface area (Å²) in [6, 6.07) is 0. The molecule has 6 nitrogen and oxygen atoms in total. The maximum absolute atomic E-state index is 12.7. The van der Waals surface area contributed by atoms with Crippen molar-refractivity contribution in [1.82, 2.24) is 10.4 Å². The third-order valence-corrected chi connectivity index (χ3v) is 7.20. The summed E-state index contributed by atoms with van der Waals surface area (Å²) in [5.74, 6) is -1.16. The monoisotopic (exact) mass is 360 g/mol. The summed E-state index contributed by atoms with van der Waals surface area (Å²) in [5.41, 5.74) is 4.29. The first-order chi connectivity index (χ1) is 12.0. The van der Waals surface area contributed by atoms with Crippen LogP contribution in [-0.2, 0) is 27.2 Å². The Hall–Kier alpha value is -1.73. The molecule has 25 heavy (non-hydrogen) atoms. The van der Waals surface area contributed by atoms with Gasteiger partial charge in [0.05, 0.1) is 29.6 Å². The number of carbonyl (C=O) groups is 3. The van der Waals surface area contributed by atoms with Crippen molar-refractivity contribution in [3.63, 3.8) is 0 Å². The minimum atomic E-state index is -0.413. The zero-order valence-electron chi connectivity index (χ0n) is 14.0. The molecule has 4 heterocycles. The molecule has 3 aliphatic heterocycles. The molecule has 0 saturated carbocycles. The normalized spacial score (nSPS) is 35.9. The Morgan fingerprint density at radius 1 is 1.20 bits per heavy atom. The average molecular weight is 360 g/mol. The first kappa shape index (κ1) is 15.5. The van der Waals surface area contributed by atoms with Crippen LogP contribution in [0.4, 0.5) is 0 Å². The topological polar surface area (TPSA) is 75.7 Å². The van der Waals surface area contributed by atoms with Crippen LogP contribution in [0.5, 0.6) is 0 Å². The van der Waals surface area contributed by atoms with Gasteiger partial charge in [0.25, 0.3) is 17.7 Å². The van der Waals surface area contributed by atoms with Crippen LogP contribution in [0.25, 0.3) is 0 Å². The van der Waals surface area contributed by atoms with Crippen LogP contribution in [0.3, 0.4) is 0 Å². The lowest BCUT2D eigenvalue weighted by molar-refractivity contribution is -0.145. The summed E-state index contributed by atoms with van der Waals surface area (Å²) in [6.45, 7) is 2.22. The fourth-order valence-corrected chi connectivity index (χ4v) is 6.10. The van der Waals surface area contributed by atoms with E-state index in [1.165, 1.54) is 4.88 Å². The molecule has 5 atom stereocenters. The number of amides is 3. The maximum atomic E-state index is 12.7. The fraction of sp³-hybridized carbons (Fsp3) is 0.611. The van der Waals surface area contributed by atoms with Crippen LogP contribution in [0.1, 0.15) is 47.0 Å². The largest absolute Gasteiger partial charge is 0.373 e. The van der Waals surface area contributed by atoms with E-state index < -0.39 is 11.8 Å². The lowest BCUT2D eigenvalue weighted by atomic mass is 9.81. The molecule has 3 fully saturated rings. The molecule has 1 aromatic heterocycles. The highest BCUT2D eigenvalue weighted by molar-refractivity contribution is 7.10. The lowest BCUT2D eigenvalue weighted by Gasteiger charge is -2.21. The molecule has 0 unspecified atom stereocenters. The van der Waals surface area contributed by atoms with Gasteiger partial charge >= 0.3 is 0 Å². The fourth-order valence-electron chi connectivity index (χ4n) is 4.85. The Bertz CT molecular complexity index is 760. The molecular weight excluding hydrogens is 340 g/mol. The number of rotatable bonds is 2.